The van der Waals surface area contributed by atoms with Crippen molar-refractivity contribution in [3.8, 4) is 0 Å². The molecule has 0 unspecified atom stereocenters. The first kappa shape index (κ1) is 16.7. The molecule has 1 fully saturated rings. The Morgan fingerprint density at radius 2 is 1.76 bits per heavy atom. The van der Waals surface area contributed by atoms with Crippen molar-refractivity contribution in [3.05, 3.63) is 0 Å². The van der Waals surface area contributed by atoms with E-state index in [1.165, 1.54) is 25.7 Å². The molecule has 1 aliphatic rings. The Hall–Kier alpha value is -0.280. The summed E-state index contributed by atoms with van der Waals surface area (Å²) in [5.41, 5.74) is 5.69. The lowest BCUT2D eigenvalue weighted by Crippen LogP contribution is -2.36. The largest absolute Gasteiger partial charge is 0.355 e. The molecule has 0 aromatic rings. The number of carbonyl (C=O) groups excluding carboxylic acids is 1. The molecule has 17 heavy (non-hydrogen) atoms. The van der Waals surface area contributed by atoms with E-state index in [1.54, 1.807) is 0 Å². The predicted octanol–water partition coefficient (Wildman–Crippen LogP) is 2.34. The SMILES string of the molecule is CC(C)(C)C1CCC(CNC(=O)CN)CC1.Cl. The van der Waals surface area contributed by atoms with E-state index in [1.807, 2.05) is 0 Å². The van der Waals surface area contributed by atoms with Crippen LogP contribution in [0.4, 0.5) is 0 Å². The van der Waals surface area contributed by atoms with Gasteiger partial charge in [-0.2, -0.15) is 0 Å². The van der Waals surface area contributed by atoms with Crippen molar-refractivity contribution in [1.82, 2.24) is 5.32 Å². The molecule has 1 rings (SSSR count). The maximum atomic E-state index is 11.0. The lowest BCUT2D eigenvalue weighted by atomic mass is 9.70. The minimum absolute atomic E-state index is 0. The number of carbonyl (C=O) groups is 1. The Morgan fingerprint density at radius 1 is 1.24 bits per heavy atom. The minimum Gasteiger partial charge on any atom is -0.355 e. The van der Waals surface area contributed by atoms with Gasteiger partial charge in [0.1, 0.15) is 0 Å². The van der Waals surface area contributed by atoms with Gasteiger partial charge in [0, 0.05) is 6.54 Å². The van der Waals surface area contributed by atoms with E-state index in [0.29, 0.717) is 11.3 Å². The topological polar surface area (TPSA) is 55.1 Å². The Balaban J connectivity index is 0.00000256. The Morgan fingerprint density at radius 3 is 2.18 bits per heavy atom. The summed E-state index contributed by atoms with van der Waals surface area (Å²) in [6.07, 6.45) is 5.08. The van der Waals surface area contributed by atoms with E-state index in [0.717, 1.165) is 12.5 Å². The molecule has 0 radical (unpaired) electrons. The van der Waals surface area contributed by atoms with Crippen LogP contribution < -0.4 is 11.1 Å². The molecule has 0 aromatic heterocycles. The van der Waals surface area contributed by atoms with Crippen molar-refractivity contribution in [1.29, 1.82) is 0 Å². The highest BCUT2D eigenvalue weighted by Crippen LogP contribution is 2.39. The second-order valence-corrected chi connectivity index (χ2v) is 6.09. The fraction of sp³-hybridized carbons (Fsp3) is 0.923. The zero-order chi connectivity index (χ0) is 12.2. The molecule has 0 aliphatic heterocycles. The molecule has 0 heterocycles. The number of amides is 1. The van der Waals surface area contributed by atoms with Crippen LogP contribution in [0.3, 0.4) is 0 Å². The monoisotopic (exact) mass is 262 g/mol. The highest BCUT2D eigenvalue weighted by Gasteiger charge is 2.29. The molecule has 1 aliphatic carbocycles. The van der Waals surface area contributed by atoms with Crippen molar-refractivity contribution in [3.63, 3.8) is 0 Å². The molecule has 0 saturated heterocycles. The summed E-state index contributed by atoms with van der Waals surface area (Å²) < 4.78 is 0. The minimum atomic E-state index is -0.0297. The van der Waals surface area contributed by atoms with E-state index < -0.39 is 0 Å². The van der Waals surface area contributed by atoms with E-state index >= 15 is 0 Å². The van der Waals surface area contributed by atoms with Gasteiger partial charge in [-0.3, -0.25) is 4.79 Å². The van der Waals surface area contributed by atoms with Gasteiger partial charge in [0.05, 0.1) is 6.54 Å². The quantitative estimate of drug-likeness (QED) is 0.820. The number of rotatable bonds is 3. The Bertz CT molecular complexity index is 230. The summed E-state index contributed by atoms with van der Waals surface area (Å²) >= 11 is 0. The molecule has 1 amide bonds. The first-order chi connectivity index (χ1) is 7.43. The van der Waals surface area contributed by atoms with Crippen LogP contribution in [0, 0.1) is 17.3 Å². The van der Waals surface area contributed by atoms with Crippen LogP contribution in [-0.4, -0.2) is 19.0 Å². The molecule has 0 spiro atoms. The number of hydrogen-bond acceptors (Lipinski definition) is 2. The third-order valence-corrected chi connectivity index (χ3v) is 3.84. The van der Waals surface area contributed by atoms with Crippen LogP contribution in [0.2, 0.25) is 0 Å². The first-order valence-electron chi connectivity index (χ1n) is 6.40. The molecular formula is C13H27ClN2O. The van der Waals surface area contributed by atoms with Crippen molar-refractivity contribution in [2.45, 2.75) is 46.5 Å². The zero-order valence-corrected chi connectivity index (χ0v) is 12.1. The fourth-order valence-corrected chi connectivity index (χ4v) is 2.56. The van der Waals surface area contributed by atoms with Gasteiger partial charge >= 0.3 is 0 Å². The highest BCUT2D eigenvalue weighted by atomic mass is 35.5. The summed E-state index contributed by atoms with van der Waals surface area (Å²) in [4.78, 5) is 11.0. The molecule has 102 valence electrons. The fourth-order valence-electron chi connectivity index (χ4n) is 2.56. The van der Waals surface area contributed by atoms with Crippen LogP contribution in [0.5, 0.6) is 0 Å². The maximum absolute atomic E-state index is 11.0. The Labute approximate surface area is 111 Å². The molecule has 0 aromatic carbocycles. The van der Waals surface area contributed by atoms with Crippen LogP contribution in [0.25, 0.3) is 0 Å². The Kier molecular flexibility index (Phi) is 7.10. The van der Waals surface area contributed by atoms with Crippen molar-refractivity contribution >= 4 is 18.3 Å². The van der Waals surface area contributed by atoms with E-state index in [9.17, 15) is 4.79 Å². The van der Waals surface area contributed by atoms with Crippen LogP contribution in [0.15, 0.2) is 0 Å². The number of nitrogens with two attached hydrogens (primary N) is 1. The first-order valence-corrected chi connectivity index (χ1v) is 6.40. The van der Waals surface area contributed by atoms with Crippen LogP contribution in [0.1, 0.15) is 46.5 Å². The molecule has 0 atom stereocenters. The highest BCUT2D eigenvalue weighted by molar-refractivity contribution is 5.85. The number of nitrogens with one attached hydrogen (secondary N) is 1. The molecule has 3 N–H and O–H groups in total. The molecule has 3 nitrogen and oxygen atoms in total. The lowest BCUT2D eigenvalue weighted by molar-refractivity contribution is -0.120. The summed E-state index contributed by atoms with van der Waals surface area (Å²) in [6.45, 7) is 7.90. The van der Waals surface area contributed by atoms with E-state index in [4.69, 9.17) is 5.73 Å². The van der Waals surface area contributed by atoms with Crippen LogP contribution in [-0.2, 0) is 4.79 Å². The lowest BCUT2D eigenvalue weighted by Gasteiger charge is -2.37. The van der Waals surface area contributed by atoms with Gasteiger partial charge in [0.15, 0.2) is 0 Å². The van der Waals surface area contributed by atoms with Gasteiger partial charge in [0.2, 0.25) is 5.91 Å². The standard InChI is InChI=1S/C13H26N2O.ClH/c1-13(2,3)11-6-4-10(5-7-11)9-15-12(16)8-14;/h10-11H,4-9,14H2,1-3H3,(H,15,16);1H. The molecular weight excluding hydrogens is 236 g/mol. The average molecular weight is 263 g/mol. The molecule has 0 bridgehead atoms. The van der Waals surface area contributed by atoms with Gasteiger partial charge in [-0.05, 0) is 42.9 Å². The number of hydrogen-bond donors (Lipinski definition) is 2. The van der Waals surface area contributed by atoms with Gasteiger partial charge < -0.3 is 11.1 Å². The van der Waals surface area contributed by atoms with Crippen molar-refractivity contribution in [2.75, 3.05) is 13.1 Å². The predicted molar refractivity (Wildman–Crippen MR) is 74.2 cm³/mol. The van der Waals surface area contributed by atoms with E-state index in [2.05, 4.69) is 26.1 Å². The van der Waals surface area contributed by atoms with Gasteiger partial charge in [-0.15, -0.1) is 12.4 Å². The third kappa shape index (κ3) is 5.73. The van der Waals surface area contributed by atoms with Crippen molar-refractivity contribution < 1.29 is 4.79 Å². The summed E-state index contributed by atoms with van der Waals surface area (Å²) in [5, 5.41) is 2.89. The normalized spacial score (nSPS) is 24.9. The summed E-state index contributed by atoms with van der Waals surface area (Å²) in [6, 6.07) is 0. The number of halogens is 1. The van der Waals surface area contributed by atoms with Crippen molar-refractivity contribution in [2.24, 2.45) is 23.0 Å². The van der Waals surface area contributed by atoms with E-state index in [-0.39, 0.29) is 24.9 Å². The van der Waals surface area contributed by atoms with Gasteiger partial charge in [-0.25, -0.2) is 0 Å². The summed E-state index contributed by atoms with van der Waals surface area (Å²) in [7, 11) is 0. The van der Waals surface area contributed by atoms with Gasteiger partial charge in [-0.1, -0.05) is 20.8 Å². The second kappa shape index (κ2) is 7.22. The summed E-state index contributed by atoms with van der Waals surface area (Å²) in [5.74, 6) is 1.47. The molecule has 1 saturated carbocycles. The smallest absolute Gasteiger partial charge is 0.233 e. The second-order valence-electron chi connectivity index (χ2n) is 6.09. The maximum Gasteiger partial charge on any atom is 0.233 e. The third-order valence-electron chi connectivity index (χ3n) is 3.84. The van der Waals surface area contributed by atoms with Crippen LogP contribution >= 0.6 is 12.4 Å². The van der Waals surface area contributed by atoms with Gasteiger partial charge in [0.25, 0.3) is 0 Å². The zero-order valence-electron chi connectivity index (χ0n) is 11.3. The average Bonchev–Trinajstić information content (AvgIpc) is 2.25. The molecule has 4 heteroatoms.